The summed E-state index contributed by atoms with van der Waals surface area (Å²) in [5.41, 5.74) is -0.372. The van der Waals surface area contributed by atoms with E-state index in [1.54, 1.807) is 12.1 Å². The summed E-state index contributed by atoms with van der Waals surface area (Å²) in [6.45, 7) is 0. The molecule has 1 heterocycles. The number of hydrogen-bond acceptors (Lipinski definition) is 4. The molecule has 0 aliphatic heterocycles. The minimum atomic E-state index is -1.13. The van der Waals surface area contributed by atoms with Crippen molar-refractivity contribution < 1.29 is 9.90 Å². The van der Waals surface area contributed by atoms with Crippen LogP contribution in [0.2, 0.25) is 5.02 Å². The first-order chi connectivity index (χ1) is 11.5. The zero-order chi connectivity index (χ0) is 17.0. The number of nitrogens with one attached hydrogen (secondary N) is 2. The fraction of sp³-hybridized carbons (Fsp3) is 0.353. The first-order valence-electron chi connectivity index (χ1n) is 7.71. The molecule has 3 N–H and O–H groups in total. The number of H-pyrrole nitrogens is 1. The molecule has 1 unspecified atom stereocenters. The first-order valence-corrected chi connectivity index (χ1v) is 8.09. The number of aromatic amines is 1. The van der Waals surface area contributed by atoms with Crippen LogP contribution in [0, 0.1) is 11.8 Å². The van der Waals surface area contributed by atoms with Gasteiger partial charge < -0.3 is 10.4 Å². The third-order valence-electron chi connectivity index (χ3n) is 3.96. The minimum absolute atomic E-state index is 0.157. The van der Waals surface area contributed by atoms with Crippen molar-refractivity contribution in [1.29, 1.82) is 0 Å². The van der Waals surface area contributed by atoms with E-state index in [1.165, 1.54) is 6.33 Å². The predicted octanol–water partition coefficient (Wildman–Crippen LogP) is 1.91. The Kier molecular flexibility index (Phi) is 4.84. The van der Waals surface area contributed by atoms with Crippen molar-refractivity contribution in [2.75, 3.05) is 0 Å². The zero-order valence-corrected chi connectivity index (χ0v) is 13.7. The van der Waals surface area contributed by atoms with Crippen molar-refractivity contribution in [1.82, 2.24) is 20.5 Å². The highest BCUT2D eigenvalue weighted by atomic mass is 35.5. The average Bonchev–Trinajstić information content (AvgIpc) is 3.08. The molecule has 1 aliphatic rings. The fourth-order valence-electron chi connectivity index (χ4n) is 2.81. The monoisotopic (exact) mass is 344 g/mol. The molecular formula is C17H17ClN4O2. The number of carbonyl (C=O) groups excluding carboxylic acids is 1. The Morgan fingerprint density at radius 1 is 1.50 bits per heavy atom. The number of carbonyl (C=O) groups is 1. The van der Waals surface area contributed by atoms with Gasteiger partial charge in [0.1, 0.15) is 11.9 Å². The Hall–Kier alpha value is -2.36. The van der Waals surface area contributed by atoms with Crippen molar-refractivity contribution >= 4 is 17.5 Å². The molecule has 6 nitrogen and oxygen atoms in total. The van der Waals surface area contributed by atoms with Crippen LogP contribution in [-0.4, -0.2) is 37.8 Å². The van der Waals surface area contributed by atoms with Gasteiger partial charge in [-0.3, -0.25) is 9.89 Å². The second kappa shape index (κ2) is 7.04. The summed E-state index contributed by atoms with van der Waals surface area (Å²) in [6, 6.07) is 7.03. The second-order valence-electron chi connectivity index (χ2n) is 5.89. The highest BCUT2D eigenvalue weighted by Gasteiger charge is 2.33. The van der Waals surface area contributed by atoms with Gasteiger partial charge in [-0.1, -0.05) is 29.5 Å². The van der Waals surface area contributed by atoms with Crippen LogP contribution in [0.4, 0.5) is 0 Å². The highest BCUT2D eigenvalue weighted by molar-refractivity contribution is 6.30. The van der Waals surface area contributed by atoms with E-state index in [1.807, 2.05) is 12.1 Å². The molecule has 7 heteroatoms. The van der Waals surface area contributed by atoms with Crippen LogP contribution >= 0.6 is 11.6 Å². The molecule has 1 amide bonds. The molecule has 24 heavy (non-hydrogen) atoms. The van der Waals surface area contributed by atoms with Crippen LogP contribution < -0.4 is 5.32 Å². The quantitative estimate of drug-likeness (QED) is 0.726. The van der Waals surface area contributed by atoms with E-state index < -0.39 is 5.60 Å². The van der Waals surface area contributed by atoms with Gasteiger partial charge in [-0.05, 0) is 37.5 Å². The molecule has 2 aromatic rings. The lowest BCUT2D eigenvalue weighted by Crippen LogP contribution is -2.45. The maximum atomic E-state index is 12.0. The van der Waals surface area contributed by atoms with Crippen molar-refractivity contribution in [3.8, 4) is 11.8 Å². The number of aliphatic hydroxyl groups is 1. The molecule has 3 rings (SSSR count). The first kappa shape index (κ1) is 16.5. The number of hydrogen-bond donors (Lipinski definition) is 3. The van der Waals surface area contributed by atoms with Crippen LogP contribution in [0.25, 0.3) is 0 Å². The van der Waals surface area contributed by atoms with Gasteiger partial charge in [0, 0.05) is 23.0 Å². The highest BCUT2D eigenvalue weighted by Crippen LogP contribution is 2.28. The summed E-state index contributed by atoms with van der Waals surface area (Å²) in [5, 5.41) is 20.4. The largest absolute Gasteiger partial charge is 0.378 e. The maximum absolute atomic E-state index is 12.0. The summed E-state index contributed by atoms with van der Waals surface area (Å²) >= 11 is 5.94. The number of benzene rings is 1. The molecule has 2 atom stereocenters. The molecule has 0 radical (unpaired) electrons. The Balaban J connectivity index is 1.67. The molecule has 1 aliphatic carbocycles. The Morgan fingerprint density at radius 2 is 2.38 bits per heavy atom. The Bertz CT molecular complexity index is 781. The Labute approximate surface area is 144 Å². The smallest absolute Gasteiger partial charge is 0.288 e. The van der Waals surface area contributed by atoms with Crippen LogP contribution in [-0.2, 0) is 0 Å². The van der Waals surface area contributed by atoms with Crippen LogP contribution in [0.3, 0.4) is 0 Å². The van der Waals surface area contributed by atoms with E-state index in [4.69, 9.17) is 11.6 Å². The van der Waals surface area contributed by atoms with Crippen LogP contribution in [0.5, 0.6) is 0 Å². The van der Waals surface area contributed by atoms with Gasteiger partial charge in [0.05, 0.1) is 0 Å². The number of amides is 1. The van der Waals surface area contributed by atoms with Crippen molar-refractivity contribution in [2.45, 2.75) is 37.3 Å². The van der Waals surface area contributed by atoms with E-state index in [0.717, 1.165) is 18.4 Å². The zero-order valence-electron chi connectivity index (χ0n) is 12.9. The standard InChI is InChI=1S/C17H17ClN4O2/c18-13-4-1-3-12(9-13)6-8-17(24)7-2-5-14(10-17)21-16(23)15-19-11-20-22-15/h1,3-4,9,11,14,24H,2,5,7,10H2,(H,21,23)(H,19,20,22)/t14-,17?/m1/s1. The number of aromatic nitrogens is 3. The molecule has 0 spiro atoms. The average molecular weight is 345 g/mol. The summed E-state index contributed by atoms with van der Waals surface area (Å²) < 4.78 is 0. The third-order valence-corrected chi connectivity index (χ3v) is 4.19. The van der Waals surface area contributed by atoms with Crippen molar-refractivity contribution in [3.05, 3.63) is 47.0 Å². The van der Waals surface area contributed by atoms with E-state index in [0.29, 0.717) is 17.9 Å². The fourth-order valence-corrected chi connectivity index (χ4v) is 3.00. The topological polar surface area (TPSA) is 90.9 Å². The molecule has 0 bridgehead atoms. The molecule has 0 saturated heterocycles. The summed E-state index contributed by atoms with van der Waals surface area (Å²) in [5.74, 6) is 5.74. The van der Waals surface area contributed by atoms with E-state index >= 15 is 0 Å². The lowest BCUT2D eigenvalue weighted by Gasteiger charge is -2.33. The van der Waals surface area contributed by atoms with E-state index in [9.17, 15) is 9.90 Å². The van der Waals surface area contributed by atoms with Crippen LogP contribution in [0.15, 0.2) is 30.6 Å². The van der Waals surface area contributed by atoms with E-state index in [2.05, 4.69) is 32.3 Å². The van der Waals surface area contributed by atoms with Gasteiger partial charge in [0.15, 0.2) is 0 Å². The number of nitrogens with zero attached hydrogens (tertiary/aromatic N) is 2. The van der Waals surface area contributed by atoms with Gasteiger partial charge in [0.2, 0.25) is 5.82 Å². The summed E-state index contributed by atoms with van der Waals surface area (Å²) in [4.78, 5) is 15.8. The number of rotatable bonds is 2. The van der Waals surface area contributed by atoms with Gasteiger partial charge in [0.25, 0.3) is 5.91 Å². The SMILES string of the molecule is O=C(N[C@@H]1CCCC(O)(C#Cc2cccc(Cl)c2)C1)c1ncn[nH]1. The van der Waals surface area contributed by atoms with Gasteiger partial charge >= 0.3 is 0 Å². The molecule has 1 aromatic heterocycles. The predicted molar refractivity (Wildman–Crippen MR) is 89.4 cm³/mol. The second-order valence-corrected chi connectivity index (χ2v) is 6.33. The minimum Gasteiger partial charge on any atom is -0.378 e. The van der Waals surface area contributed by atoms with Crippen molar-refractivity contribution in [3.63, 3.8) is 0 Å². The lowest BCUT2D eigenvalue weighted by molar-refractivity contribution is 0.0451. The number of halogens is 1. The molecule has 1 aromatic carbocycles. The van der Waals surface area contributed by atoms with Crippen LogP contribution in [0.1, 0.15) is 41.9 Å². The van der Waals surface area contributed by atoms with Gasteiger partial charge in [-0.15, -0.1) is 0 Å². The summed E-state index contributed by atoms with van der Waals surface area (Å²) in [7, 11) is 0. The molecule has 1 fully saturated rings. The summed E-state index contributed by atoms with van der Waals surface area (Å²) in [6.07, 6.45) is 3.81. The van der Waals surface area contributed by atoms with Crippen molar-refractivity contribution in [2.24, 2.45) is 0 Å². The molecule has 1 saturated carbocycles. The molecular weight excluding hydrogens is 328 g/mol. The van der Waals surface area contributed by atoms with Gasteiger partial charge in [-0.25, -0.2) is 4.98 Å². The Morgan fingerprint density at radius 3 is 3.12 bits per heavy atom. The third kappa shape index (κ3) is 4.13. The van der Waals surface area contributed by atoms with E-state index in [-0.39, 0.29) is 17.8 Å². The normalized spacial score (nSPS) is 23.2. The van der Waals surface area contributed by atoms with Gasteiger partial charge in [-0.2, -0.15) is 5.10 Å². The lowest BCUT2D eigenvalue weighted by atomic mass is 9.82. The molecule has 124 valence electrons. The maximum Gasteiger partial charge on any atom is 0.288 e.